The van der Waals surface area contributed by atoms with Gasteiger partial charge in [-0.1, -0.05) is 18.2 Å². The highest BCUT2D eigenvalue weighted by molar-refractivity contribution is 5.51. The fraction of sp³-hybridized carbons (Fsp3) is 0.412. The van der Waals surface area contributed by atoms with E-state index < -0.39 is 0 Å². The van der Waals surface area contributed by atoms with E-state index in [0.717, 1.165) is 18.7 Å². The zero-order valence-electron chi connectivity index (χ0n) is 14.0. The average molecular weight is 340 g/mol. The quantitative estimate of drug-likeness (QED) is 0.700. The van der Waals surface area contributed by atoms with Crippen molar-refractivity contribution in [3.63, 3.8) is 0 Å². The molecular formula is C17H20N6O2. The summed E-state index contributed by atoms with van der Waals surface area (Å²) in [7, 11) is 0. The monoisotopic (exact) mass is 340 g/mol. The maximum absolute atomic E-state index is 5.89. The summed E-state index contributed by atoms with van der Waals surface area (Å²) in [4.78, 5) is 6.27. The average Bonchev–Trinajstić information content (AvgIpc) is 3.34. The third kappa shape index (κ3) is 3.59. The molecule has 0 radical (unpaired) electrons. The second kappa shape index (κ2) is 7.12. The molecule has 1 fully saturated rings. The Labute approximate surface area is 145 Å². The standard InChI is InChI=1S/C17H20N6O2/c1-13(16-20-21-17(25-16)14-5-3-2-4-6-14)22-7-8-24-15(9-22)10-23-12-18-11-19-23/h2-6,11-13,15H,7-10H2,1H3. The van der Waals surface area contributed by atoms with E-state index in [4.69, 9.17) is 9.15 Å². The van der Waals surface area contributed by atoms with E-state index in [-0.39, 0.29) is 12.1 Å². The summed E-state index contributed by atoms with van der Waals surface area (Å²) >= 11 is 0. The molecule has 8 nitrogen and oxygen atoms in total. The van der Waals surface area contributed by atoms with Crippen LogP contribution >= 0.6 is 0 Å². The topological polar surface area (TPSA) is 82.1 Å². The van der Waals surface area contributed by atoms with Gasteiger partial charge in [0.05, 0.1) is 25.3 Å². The molecule has 8 heteroatoms. The van der Waals surface area contributed by atoms with Crippen LogP contribution in [0, 0.1) is 0 Å². The number of benzene rings is 1. The predicted octanol–water partition coefficient (Wildman–Crippen LogP) is 1.79. The summed E-state index contributed by atoms with van der Waals surface area (Å²) in [6.07, 6.45) is 3.30. The molecule has 3 heterocycles. The van der Waals surface area contributed by atoms with E-state index in [9.17, 15) is 0 Å². The minimum Gasteiger partial charge on any atom is -0.419 e. The summed E-state index contributed by atoms with van der Waals surface area (Å²) in [6, 6.07) is 9.84. The highest BCUT2D eigenvalue weighted by Crippen LogP contribution is 2.25. The van der Waals surface area contributed by atoms with Crippen molar-refractivity contribution in [2.45, 2.75) is 25.6 Å². The van der Waals surface area contributed by atoms with Crippen LogP contribution in [-0.2, 0) is 11.3 Å². The Bertz CT molecular complexity index is 789. The highest BCUT2D eigenvalue weighted by Gasteiger charge is 2.28. The van der Waals surface area contributed by atoms with Crippen LogP contribution < -0.4 is 0 Å². The maximum atomic E-state index is 5.89. The Morgan fingerprint density at radius 1 is 1.24 bits per heavy atom. The number of aromatic nitrogens is 5. The Morgan fingerprint density at radius 3 is 2.92 bits per heavy atom. The van der Waals surface area contributed by atoms with Crippen molar-refractivity contribution in [1.29, 1.82) is 0 Å². The van der Waals surface area contributed by atoms with Crippen molar-refractivity contribution in [2.24, 2.45) is 0 Å². The van der Waals surface area contributed by atoms with Gasteiger partial charge >= 0.3 is 0 Å². The van der Waals surface area contributed by atoms with Gasteiger partial charge in [-0.15, -0.1) is 10.2 Å². The van der Waals surface area contributed by atoms with Gasteiger partial charge in [-0.2, -0.15) is 5.10 Å². The molecular weight excluding hydrogens is 320 g/mol. The molecule has 0 spiro atoms. The fourth-order valence-electron chi connectivity index (χ4n) is 3.00. The van der Waals surface area contributed by atoms with Crippen LogP contribution in [0.1, 0.15) is 18.9 Å². The summed E-state index contributed by atoms with van der Waals surface area (Å²) < 4.78 is 13.5. The molecule has 130 valence electrons. The van der Waals surface area contributed by atoms with E-state index in [2.05, 4.69) is 32.1 Å². The van der Waals surface area contributed by atoms with E-state index >= 15 is 0 Å². The van der Waals surface area contributed by atoms with Gasteiger partial charge in [-0.05, 0) is 19.1 Å². The Balaban J connectivity index is 1.43. The Morgan fingerprint density at radius 2 is 2.12 bits per heavy atom. The molecule has 4 rings (SSSR count). The smallest absolute Gasteiger partial charge is 0.247 e. The lowest BCUT2D eigenvalue weighted by Gasteiger charge is -2.35. The SMILES string of the molecule is CC(c1nnc(-c2ccccc2)o1)N1CCOC(Cn2cncn2)C1. The lowest BCUT2D eigenvalue weighted by Crippen LogP contribution is -2.45. The zero-order valence-corrected chi connectivity index (χ0v) is 14.0. The lowest BCUT2D eigenvalue weighted by molar-refractivity contribution is -0.0526. The molecule has 2 aromatic heterocycles. The molecule has 0 saturated carbocycles. The van der Waals surface area contributed by atoms with Crippen LogP contribution in [0.4, 0.5) is 0 Å². The first-order valence-electron chi connectivity index (χ1n) is 8.36. The first-order valence-corrected chi connectivity index (χ1v) is 8.36. The molecule has 1 saturated heterocycles. The number of hydrogen-bond donors (Lipinski definition) is 0. The first kappa shape index (κ1) is 15.9. The van der Waals surface area contributed by atoms with Crippen LogP contribution in [0.25, 0.3) is 11.5 Å². The van der Waals surface area contributed by atoms with Gasteiger partial charge in [0, 0.05) is 18.7 Å². The molecule has 2 atom stereocenters. The molecule has 0 amide bonds. The van der Waals surface area contributed by atoms with Gasteiger partial charge < -0.3 is 9.15 Å². The largest absolute Gasteiger partial charge is 0.419 e. The second-order valence-corrected chi connectivity index (χ2v) is 6.09. The summed E-state index contributed by atoms with van der Waals surface area (Å²) in [5, 5.41) is 12.6. The third-order valence-electron chi connectivity index (χ3n) is 4.39. The van der Waals surface area contributed by atoms with Crippen molar-refractivity contribution >= 4 is 0 Å². The van der Waals surface area contributed by atoms with Crippen molar-refractivity contribution in [3.05, 3.63) is 48.9 Å². The minimum atomic E-state index is 0.0344. The molecule has 0 aliphatic carbocycles. The van der Waals surface area contributed by atoms with Crippen molar-refractivity contribution in [2.75, 3.05) is 19.7 Å². The van der Waals surface area contributed by atoms with E-state index in [1.54, 1.807) is 11.0 Å². The van der Waals surface area contributed by atoms with Crippen LogP contribution in [0.15, 0.2) is 47.4 Å². The van der Waals surface area contributed by atoms with Gasteiger partial charge in [0.1, 0.15) is 12.7 Å². The van der Waals surface area contributed by atoms with Gasteiger partial charge in [-0.3, -0.25) is 9.58 Å². The minimum absolute atomic E-state index is 0.0344. The van der Waals surface area contributed by atoms with Crippen LogP contribution in [-0.4, -0.2) is 55.7 Å². The normalized spacial score (nSPS) is 19.8. The third-order valence-corrected chi connectivity index (χ3v) is 4.39. The van der Waals surface area contributed by atoms with Crippen LogP contribution in [0.2, 0.25) is 0 Å². The molecule has 0 bridgehead atoms. The number of morpholine rings is 1. The van der Waals surface area contributed by atoms with E-state index in [1.165, 1.54) is 6.33 Å². The maximum Gasteiger partial charge on any atom is 0.247 e. The molecule has 3 aromatic rings. The van der Waals surface area contributed by atoms with Crippen molar-refractivity contribution in [1.82, 2.24) is 29.9 Å². The molecule has 25 heavy (non-hydrogen) atoms. The molecule has 0 N–H and O–H groups in total. The van der Waals surface area contributed by atoms with Crippen molar-refractivity contribution in [3.8, 4) is 11.5 Å². The number of ether oxygens (including phenoxy) is 1. The number of rotatable bonds is 5. The van der Waals surface area contributed by atoms with Gasteiger partial charge in [0.2, 0.25) is 11.8 Å². The van der Waals surface area contributed by atoms with Crippen LogP contribution in [0.5, 0.6) is 0 Å². The zero-order chi connectivity index (χ0) is 17.1. The molecule has 1 aliphatic heterocycles. The number of hydrogen-bond acceptors (Lipinski definition) is 7. The summed E-state index contributed by atoms with van der Waals surface area (Å²) in [6.45, 7) is 5.05. The second-order valence-electron chi connectivity index (χ2n) is 6.09. The highest BCUT2D eigenvalue weighted by atomic mass is 16.5. The van der Waals surface area contributed by atoms with Gasteiger partial charge in [-0.25, -0.2) is 4.98 Å². The molecule has 2 unspecified atom stereocenters. The molecule has 1 aliphatic rings. The van der Waals surface area contributed by atoms with Crippen molar-refractivity contribution < 1.29 is 9.15 Å². The first-order chi connectivity index (χ1) is 12.3. The summed E-state index contributed by atoms with van der Waals surface area (Å²) in [5.41, 5.74) is 0.930. The Kier molecular flexibility index (Phi) is 4.53. The predicted molar refractivity (Wildman–Crippen MR) is 89.5 cm³/mol. The Hall–Kier alpha value is -2.58. The van der Waals surface area contributed by atoms with E-state index in [1.807, 2.05) is 30.3 Å². The molecule has 1 aromatic carbocycles. The number of nitrogens with zero attached hydrogens (tertiary/aromatic N) is 6. The summed E-state index contributed by atoms with van der Waals surface area (Å²) in [5.74, 6) is 1.18. The van der Waals surface area contributed by atoms with E-state index in [0.29, 0.717) is 24.9 Å². The van der Waals surface area contributed by atoms with Gasteiger partial charge in [0.25, 0.3) is 0 Å². The fourth-order valence-corrected chi connectivity index (χ4v) is 3.00. The lowest BCUT2D eigenvalue weighted by atomic mass is 10.2. The van der Waals surface area contributed by atoms with Crippen LogP contribution in [0.3, 0.4) is 0 Å². The van der Waals surface area contributed by atoms with Gasteiger partial charge in [0.15, 0.2) is 0 Å².